The molecule has 23 heavy (non-hydrogen) atoms. The van der Waals surface area contributed by atoms with E-state index in [0.717, 1.165) is 51.7 Å². The summed E-state index contributed by atoms with van der Waals surface area (Å²) in [6.07, 6.45) is 7.95. The molecule has 3 aliphatic rings. The minimum atomic E-state index is 0.0903. The SMILES string of the molecule is CCC1(CO)CCN(CC(=O)N2CCOC3CCCCC32)CC1. The third kappa shape index (κ3) is 3.72. The molecule has 3 rings (SSSR count). The number of morpholine rings is 1. The Morgan fingerprint density at radius 2 is 1.96 bits per heavy atom. The average Bonchev–Trinajstić information content (AvgIpc) is 2.62. The van der Waals surface area contributed by atoms with Crippen LogP contribution in [-0.2, 0) is 9.53 Å². The van der Waals surface area contributed by atoms with Gasteiger partial charge in [0, 0.05) is 13.2 Å². The quantitative estimate of drug-likeness (QED) is 0.854. The van der Waals surface area contributed by atoms with Crippen LogP contribution < -0.4 is 0 Å². The van der Waals surface area contributed by atoms with Crippen molar-refractivity contribution >= 4 is 5.91 Å². The summed E-state index contributed by atoms with van der Waals surface area (Å²) in [6, 6.07) is 0.307. The fourth-order valence-electron chi connectivity index (χ4n) is 4.50. The van der Waals surface area contributed by atoms with Gasteiger partial charge in [-0.05, 0) is 50.6 Å². The number of ether oxygens (including phenoxy) is 1. The van der Waals surface area contributed by atoms with Gasteiger partial charge in [0.25, 0.3) is 0 Å². The average molecular weight is 324 g/mol. The molecule has 5 heteroatoms. The molecule has 0 aromatic carbocycles. The molecule has 1 saturated carbocycles. The number of hydrogen-bond donors (Lipinski definition) is 1. The van der Waals surface area contributed by atoms with Crippen LogP contribution >= 0.6 is 0 Å². The summed E-state index contributed by atoms with van der Waals surface area (Å²) in [7, 11) is 0. The van der Waals surface area contributed by atoms with Crippen molar-refractivity contribution in [1.29, 1.82) is 0 Å². The molecular formula is C18H32N2O3. The maximum Gasteiger partial charge on any atom is 0.237 e. The van der Waals surface area contributed by atoms with Gasteiger partial charge in [0.2, 0.25) is 5.91 Å². The highest BCUT2D eigenvalue weighted by molar-refractivity contribution is 5.78. The highest BCUT2D eigenvalue weighted by atomic mass is 16.5. The van der Waals surface area contributed by atoms with Crippen LogP contribution in [0.2, 0.25) is 0 Å². The molecule has 2 aliphatic heterocycles. The Hall–Kier alpha value is -0.650. The third-order valence-electron chi connectivity index (χ3n) is 6.41. The summed E-state index contributed by atoms with van der Waals surface area (Å²) in [4.78, 5) is 17.2. The number of fused-ring (bicyclic) bond motifs is 1. The second-order valence-corrected chi connectivity index (χ2v) is 7.64. The number of aliphatic hydroxyl groups excluding tert-OH is 1. The smallest absolute Gasteiger partial charge is 0.237 e. The van der Waals surface area contributed by atoms with Crippen LogP contribution in [0.15, 0.2) is 0 Å². The first kappa shape index (κ1) is 17.2. The van der Waals surface area contributed by atoms with E-state index in [9.17, 15) is 9.90 Å². The first-order valence-electron chi connectivity index (χ1n) is 9.42. The largest absolute Gasteiger partial charge is 0.396 e. The lowest BCUT2D eigenvalue weighted by Crippen LogP contribution is -2.57. The van der Waals surface area contributed by atoms with Crippen molar-refractivity contribution in [3.63, 3.8) is 0 Å². The number of nitrogens with zero attached hydrogens (tertiary/aromatic N) is 2. The highest BCUT2D eigenvalue weighted by Gasteiger charge is 2.38. The molecule has 0 aromatic heterocycles. The van der Waals surface area contributed by atoms with Gasteiger partial charge >= 0.3 is 0 Å². The zero-order valence-electron chi connectivity index (χ0n) is 14.5. The monoisotopic (exact) mass is 324 g/mol. The normalized spacial score (nSPS) is 31.7. The standard InChI is InChI=1S/C18H32N2O3/c1-2-18(14-21)7-9-19(10-8-18)13-17(22)20-11-12-23-16-6-4-3-5-15(16)20/h15-16,21H,2-14H2,1H3. The summed E-state index contributed by atoms with van der Waals surface area (Å²) in [5, 5.41) is 9.64. The molecule has 1 aliphatic carbocycles. The van der Waals surface area contributed by atoms with E-state index in [1.54, 1.807) is 0 Å². The van der Waals surface area contributed by atoms with E-state index in [2.05, 4.69) is 16.7 Å². The molecule has 2 unspecified atom stereocenters. The summed E-state index contributed by atoms with van der Waals surface area (Å²) in [5.41, 5.74) is 0.0903. The number of likely N-dealkylation sites (tertiary alicyclic amines) is 1. The summed E-state index contributed by atoms with van der Waals surface area (Å²) < 4.78 is 5.87. The molecule has 0 radical (unpaired) electrons. The van der Waals surface area contributed by atoms with Gasteiger partial charge in [0.15, 0.2) is 0 Å². The number of amides is 1. The first-order chi connectivity index (χ1) is 11.2. The molecule has 1 amide bonds. The first-order valence-corrected chi connectivity index (χ1v) is 9.42. The van der Waals surface area contributed by atoms with Crippen molar-refractivity contribution in [1.82, 2.24) is 9.80 Å². The van der Waals surface area contributed by atoms with E-state index in [0.29, 0.717) is 19.2 Å². The van der Waals surface area contributed by atoms with Crippen LogP contribution in [0.25, 0.3) is 0 Å². The van der Waals surface area contributed by atoms with E-state index < -0.39 is 0 Å². The molecule has 2 heterocycles. The van der Waals surface area contributed by atoms with Gasteiger partial charge in [-0.15, -0.1) is 0 Å². The van der Waals surface area contributed by atoms with Crippen LogP contribution in [-0.4, -0.2) is 72.4 Å². The van der Waals surface area contributed by atoms with E-state index in [4.69, 9.17) is 4.74 Å². The molecule has 1 N–H and O–H groups in total. The Morgan fingerprint density at radius 1 is 1.22 bits per heavy atom. The molecule has 0 bridgehead atoms. The van der Waals surface area contributed by atoms with Crippen molar-refractivity contribution < 1.29 is 14.6 Å². The number of aliphatic hydroxyl groups is 1. The van der Waals surface area contributed by atoms with Crippen molar-refractivity contribution in [2.45, 2.75) is 64.0 Å². The molecule has 5 nitrogen and oxygen atoms in total. The lowest BCUT2D eigenvalue weighted by atomic mass is 9.77. The topological polar surface area (TPSA) is 53.0 Å². The van der Waals surface area contributed by atoms with Crippen molar-refractivity contribution in [2.75, 3.05) is 39.4 Å². The number of hydrogen-bond acceptors (Lipinski definition) is 4. The molecule has 0 spiro atoms. The van der Waals surface area contributed by atoms with Gasteiger partial charge in [0.05, 0.1) is 25.3 Å². The van der Waals surface area contributed by atoms with Gasteiger partial charge in [-0.25, -0.2) is 0 Å². The maximum absolute atomic E-state index is 12.8. The van der Waals surface area contributed by atoms with Gasteiger partial charge in [-0.2, -0.15) is 0 Å². The highest BCUT2D eigenvalue weighted by Crippen LogP contribution is 2.34. The van der Waals surface area contributed by atoms with E-state index >= 15 is 0 Å². The maximum atomic E-state index is 12.8. The molecular weight excluding hydrogens is 292 g/mol. The summed E-state index contributed by atoms with van der Waals surface area (Å²) in [6.45, 7) is 6.28. The number of carbonyl (C=O) groups is 1. The lowest BCUT2D eigenvalue weighted by molar-refractivity contribution is -0.151. The van der Waals surface area contributed by atoms with Gasteiger partial charge in [0.1, 0.15) is 0 Å². The lowest BCUT2D eigenvalue weighted by Gasteiger charge is -2.45. The van der Waals surface area contributed by atoms with Crippen LogP contribution in [0, 0.1) is 5.41 Å². The van der Waals surface area contributed by atoms with Crippen LogP contribution in [0.5, 0.6) is 0 Å². The van der Waals surface area contributed by atoms with Gasteiger partial charge in [-0.1, -0.05) is 19.8 Å². The second kappa shape index (κ2) is 7.49. The number of carbonyl (C=O) groups excluding carboxylic acids is 1. The molecule has 132 valence electrons. The Morgan fingerprint density at radius 3 is 2.65 bits per heavy atom. The predicted octanol–water partition coefficient (Wildman–Crippen LogP) is 1.64. The second-order valence-electron chi connectivity index (χ2n) is 7.64. The van der Waals surface area contributed by atoms with Crippen molar-refractivity contribution in [3.05, 3.63) is 0 Å². The van der Waals surface area contributed by atoms with Gasteiger partial charge in [-0.3, -0.25) is 9.69 Å². The van der Waals surface area contributed by atoms with Gasteiger partial charge < -0.3 is 14.7 Å². The Labute approximate surface area is 140 Å². The third-order valence-corrected chi connectivity index (χ3v) is 6.41. The Balaban J connectivity index is 1.53. The van der Waals surface area contributed by atoms with Crippen molar-refractivity contribution in [2.24, 2.45) is 5.41 Å². The zero-order chi connectivity index (χ0) is 16.3. The van der Waals surface area contributed by atoms with E-state index in [1.807, 2.05) is 0 Å². The van der Waals surface area contributed by atoms with E-state index in [-0.39, 0.29) is 24.0 Å². The van der Waals surface area contributed by atoms with E-state index in [1.165, 1.54) is 12.8 Å². The Bertz CT molecular complexity index is 399. The predicted molar refractivity (Wildman–Crippen MR) is 89.2 cm³/mol. The number of rotatable bonds is 4. The molecule has 2 atom stereocenters. The van der Waals surface area contributed by atoms with Crippen LogP contribution in [0.1, 0.15) is 51.9 Å². The van der Waals surface area contributed by atoms with Crippen molar-refractivity contribution in [3.8, 4) is 0 Å². The number of piperidine rings is 1. The fourth-order valence-corrected chi connectivity index (χ4v) is 4.50. The molecule has 3 fully saturated rings. The minimum absolute atomic E-state index is 0.0903. The Kier molecular flexibility index (Phi) is 5.60. The minimum Gasteiger partial charge on any atom is -0.396 e. The summed E-state index contributed by atoms with van der Waals surface area (Å²) in [5.74, 6) is 0.276. The van der Waals surface area contributed by atoms with Crippen LogP contribution in [0.4, 0.5) is 0 Å². The molecule has 2 saturated heterocycles. The summed E-state index contributed by atoms with van der Waals surface area (Å²) >= 11 is 0. The zero-order valence-corrected chi connectivity index (χ0v) is 14.5. The molecule has 0 aromatic rings. The van der Waals surface area contributed by atoms with Crippen LogP contribution in [0.3, 0.4) is 0 Å². The fraction of sp³-hybridized carbons (Fsp3) is 0.944.